The summed E-state index contributed by atoms with van der Waals surface area (Å²) in [6.07, 6.45) is 0.356. The lowest BCUT2D eigenvalue weighted by Crippen LogP contribution is -2.30. The molecule has 9 heteroatoms. The van der Waals surface area contributed by atoms with Crippen molar-refractivity contribution in [1.82, 2.24) is 24.6 Å². The standard InChI is InChI=1S/C40H50ClN5O3/c1-25-35(26(2)44(6)43-25)36-33(41)17-16-32-31(14-10-20-48-34-15-9-12-27-11-7-8-13-30(27)34)38(39(47)49-40(3,4)5)46(37(32)36)19-18-45-23-28-21-42-22-29(28)24-45/h7-9,11-13,15-17,28-29,39,42,47H,10,14,18-24H2,1-6H3/t28-,29+,39?. The number of hydrogen-bond acceptors (Lipinski definition) is 6. The van der Waals surface area contributed by atoms with Crippen LogP contribution in [0.3, 0.4) is 0 Å². The van der Waals surface area contributed by atoms with Crippen molar-refractivity contribution in [2.24, 2.45) is 18.9 Å². The van der Waals surface area contributed by atoms with Crippen molar-refractivity contribution in [1.29, 1.82) is 0 Å². The van der Waals surface area contributed by atoms with Crippen molar-refractivity contribution >= 4 is 33.3 Å². The summed E-state index contributed by atoms with van der Waals surface area (Å²) in [5.74, 6) is 2.30. The Morgan fingerprint density at radius 1 is 0.959 bits per heavy atom. The lowest BCUT2D eigenvalue weighted by Gasteiger charge is -2.27. The third-order valence-electron chi connectivity index (χ3n) is 10.5. The van der Waals surface area contributed by atoms with E-state index in [1.54, 1.807) is 0 Å². The van der Waals surface area contributed by atoms with Crippen LogP contribution in [-0.4, -0.2) is 69.3 Å². The van der Waals surface area contributed by atoms with Gasteiger partial charge in [0.05, 0.1) is 34.1 Å². The summed E-state index contributed by atoms with van der Waals surface area (Å²) in [6, 6.07) is 18.6. The summed E-state index contributed by atoms with van der Waals surface area (Å²) in [5.41, 5.74) is 6.36. The van der Waals surface area contributed by atoms with E-state index in [9.17, 15) is 5.11 Å². The van der Waals surface area contributed by atoms with E-state index < -0.39 is 11.9 Å². The highest BCUT2D eigenvalue weighted by molar-refractivity contribution is 6.35. The molecule has 0 amide bonds. The maximum Gasteiger partial charge on any atom is 0.197 e. The van der Waals surface area contributed by atoms with Crippen molar-refractivity contribution < 1.29 is 14.6 Å². The quantitative estimate of drug-likeness (QED) is 0.111. The van der Waals surface area contributed by atoms with Gasteiger partial charge in [-0.2, -0.15) is 5.10 Å². The molecule has 260 valence electrons. The van der Waals surface area contributed by atoms with E-state index in [0.29, 0.717) is 36.4 Å². The lowest BCUT2D eigenvalue weighted by atomic mass is 9.98. The van der Waals surface area contributed by atoms with Gasteiger partial charge >= 0.3 is 0 Å². The van der Waals surface area contributed by atoms with Crippen LogP contribution in [0.25, 0.3) is 32.8 Å². The largest absolute Gasteiger partial charge is 0.493 e. The first kappa shape index (κ1) is 34.1. The number of nitrogens with zero attached hydrogens (tertiary/aromatic N) is 4. The van der Waals surface area contributed by atoms with Gasteiger partial charge in [-0.1, -0.05) is 54.1 Å². The maximum atomic E-state index is 12.0. The molecule has 2 aliphatic heterocycles. The number of aliphatic hydroxyl groups excluding tert-OH is 1. The van der Waals surface area contributed by atoms with Gasteiger partial charge in [0.2, 0.25) is 0 Å². The van der Waals surface area contributed by atoms with Gasteiger partial charge in [-0.15, -0.1) is 0 Å². The predicted molar refractivity (Wildman–Crippen MR) is 198 cm³/mol. The van der Waals surface area contributed by atoms with Crippen LogP contribution in [0.15, 0.2) is 54.6 Å². The van der Waals surface area contributed by atoms with Gasteiger partial charge in [0, 0.05) is 60.8 Å². The molecule has 49 heavy (non-hydrogen) atoms. The first-order valence-electron chi connectivity index (χ1n) is 17.7. The average Bonchev–Trinajstić information content (AvgIpc) is 3.79. The van der Waals surface area contributed by atoms with Crippen LogP contribution < -0.4 is 10.1 Å². The highest BCUT2D eigenvalue weighted by atomic mass is 35.5. The Morgan fingerprint density at radius 2 is 1.69 bits per heavy atom. The SMILES string of the molecule is Cc1nn(C)c(C)c1-c1c(Cl)ccc2c(CCCOc3cccc4ccccc34)c(C(O)OC(C)(C)C)n(CCN3C[C@H]4CNC[C@H]4C3)c12. The first-order valence-corrected chi connectivity index (χ1v) is 18.1. The van der Waals surface area contributed by atoms with E-state index >= 15 is 0 Å². The highest BCUT2D eigenvalue weighted by Gasteiger charge is 2.36. The molecule has 0 radical (unpaired) electrons. The Kier molecular flexibility index (Phi) is 9.54. The third-order valence-corrected chi connectivity index (χ3v) is 10.8. The monoisotopic (exact) mass is 683 g/mol. The normalized spacial score (nSPS) is 18.9. The Hall–Kier alpha value is -3.40. The topological polar surface area (TPSA) is 76.7 Å². The Bertz CT molecular complexity index is 1960. The summed E-state index contributed by atoms with van der Waals surface area (Å²) in [4.78, 5) is 2.59. The number of aryl methyl sites for hydroxylation is 3. The van der Waals surface area contributed by atoms with E-state index in [-0.39, 0.29) is 0 Å². The van der Waals surface area contributed by atoms with E-state index in [2.05, 4.69) is 52.0 Å². The lowest BCUT2D eigenvalue weighted by molar-refractivity contribution is -0.173. The zero-order valence-electron chi connectivity index (χ0n) is 29.7. The molecule has 2 N–H and O–H groups in total. The van der Waals surface area contributed by atoms with Crippen LogP contribution >= 0.6 is 11.6 Å². The van der Waals surface area contributed by atoms with Gasteiger partial charge in [0.25, 0.3) is 0 Å². The molecule has 0 saturated carbocycles. The number of fused-ring (bicyclic) bond motifs is 3. The molecule has 7 rings (SSSR count). The molecular weight excluding hydrogens is 634 g/mol. The minimum Gasteiger partial charge on any atom is -0.493 e. The number of ether oxygens (including phenoxy) is 2. The van der Waals surface area contributed by atoms with Crippen LogP contribution in [-0.2, 0) is 24.8 Å². The molecule has 0 spiro atoms. The molecule has 0 aliphatic carbocycles. The molecule has 1 unspecified atom stereocenters. The molecule has 2 aromatic heterocycles. The van der Waals surface area contributed by atoms with E-state index in [1.165, 1.54) is 0 Å². The van der Waals surface area contributed by atoms with Gasteiger partial charge in [-0.25, -0.2) is 0 Å². The summed E-state index contributed by atoms with van der Waals surface area (Å²) in [5, 5.41) is 24.4. The number of aliphatic hydroxyl groups is 1. The summed E-state index contributed by atoms with van der Waals surface area (Å²) in [7, 11) is 1.98. The van der Waals surface area contributed by atoms with Gasteiger partial charge in [0.15, 0.2) is 6.29 Å². The average molecular weight is 684 g/mol. The highest BCUT2D eigenvalue weighted by Crippen LogP contribution is 2.44. The number of rotatable bonds is 11. The van der Waals surface area contributed by atoms with Gasteiger partial charge in [-0.3, -0.25) is 4.68 Å². The molecule has 2 saturated heterocycles. The number of aromatic nitrogens is 3. The molecule has 5 aromatic rings. The van der Waals surface area contributed by atoms with Gasteiger partial charge < -0.3 is 29.4 Å². The Morgan fingerprint density at radius 3 is 2.41 bits per heavy atom. The summed E-state index contributed by atoms with van der Waals surface area (Å²) in [6.45, 7) is 16.6. The molecule has 4 heterocycles. The zero-order valence-corrected chi connectivity index (χ0v) is 30.5. The van der Waals surface area contributed by atoms with E-state index in [0.717, 1.165) is 100 Å². The van der Waals surface area contributed by atoms with E-state index in [1.807, 2.05) is 63.7 Å². The zero-order chi connectivity index (χ0) is 34.4. The second kappa shape index (κ2) is 13.7. The predicted octanol–water partition coefficient (Wildman–Crippen LogP) is 7.43. The summed E-state index contributed by atoms with van der Waals surface area (Å²) < 4.78 is 17.0. The van der Waals surface area contributed by atoms with E-state index in [4.69, 9.17) is 26.2 Å². The summed E-state index contributed by atoms with van der Waals surface area (Å²) >= 11 is 7.16. The van der Waals surface area contributed by atoms with Crippen molar-refractivity contribution in [3.63, 3.8) is 0 Å². The minimum atomic E-state index is -1.12. The first-order chi connectivity index (χ1) is 23.5. The minimum absolute atomic E-state index is 0.544. The number of benzene rings is 3. The number of likely N-dealkylation sites (tertiary alicyclic amines) is 1. The molecule has 8 nitrogen and oxygen atoms in total. The fourth-order valence-electron chi connectivity index (χ4n) is 8.18. The second-order valence-electron chi connectivity index (χ2n) is 15.0. The van der Waals surface area contributed by atoms with Gasteiger partial charge in [-0.05, 0) is 95.5 Å². The van der Waals surface area contributed by atoms with Crippen LogP contribution in [0.4, 0.5) is 0 Å². The van der Waals surface area contributed by atoms with Crippen LogP contribution in [0.2, 0.25) is 5.02 Å². The fourth-order valence-corrected chi connectivity index (χ4v) is 8.43. The van der Waals surface area contributed by atoms with Gasteiger partial charge in [0.1, 0.15) is 5.75 Å². The van der Waals surface area contributed by atoms with Crippen LogP contribution in [0, 0.1) is 25.7 Å². The number of hydrogen-bond donors (Lipinski definition) is 2. The number of nitrogens with one attached hydrogen (secondary N) is 1. The molecule has 2 fully saturated rings. The molecule has 0 bridgehead atoms. The van der Waals surface area contributed by atoms with Crippen molar-refractivity contribution in [2.45, 2.75) is 65.9 Å². The Labute approximate surface area is 294 Å². The molecule has 3 atom stereocenters. The van der Waals surface area contributed by atoms with Crippen molar-refractivity contribution in [3.8, 4) is 16.9 Å². The Balaban J connectivity index is 1.30. The van der Waals surface area contributed by atoms with Crippen molar-refractivity contribution in [3.05, 3.63) is 82.3 Å². The smallest absolute Gasteiger partial charge is 0.197 e. The van der Waals surface area contributed by atoms with Crippen LogP contribution in [0.1, 0.15) is 56.1 Å². The van der Waals surface area contributed by atoms with Crippen molar-refractivity contribution in [2.75, 3.05) is 39.3 Å². The number of halogens is 1. The fraction of sp³-hybridized carbons (Fsp3) is 0.475. The molecule has 3 aromatic carbocycles. The van der Waals surface area contributed by atoms with Crippen LogP contribution in [0.5, 0.6) is 5.75 Å². The second-order valence-corrected chi connectivity index (χ2v) is 15.4. The molecular formula is C40H50ClN5O3. The maximum absolute atomic E-state index is 12.0. The third kappa shape index (κ3) is 6.74. The molecule has 2 aliphatic rings.